The minimum absolute atomic E-state index is 0.0195. The standard InChI is InChI=1S/C58H67BN2S2/c1-53(2,3)34-17-21-38(22-18-34)60-44-31-37(56(10,11)12)32-45-48(44)59(51-49(60)40-29-35(54(4,5)6)19-25-46(40)62-51)52-50(41-30-36(55(7,8)9)20-26-47(41)63-52)61(45)39-23-24-42-43(33-39)58(15,16)28-27-57(42,13)14/h17-26,29-33H,27-28H2,1-16H3. The molecule has 324 valence electrons. The molecule has 63 heavy (non-hydrogen) atoms. The van der Waals surface area contributed by atoms with Crippen molar-refractivity contribution in [2.45, 2.75) is 156 Å². The Morgan fingerprint density at radius 3 is 1.32 bits per heavy atom. The number of thiophene rings is 2. The van der Waals surface area contributed by atoms with Crippen molar-refractivity contribution in [3.8, 4) is 0 Å². The Hall–Kier alpha value is -4.32. The van der Waals surface area contributed by atoms with Crippen molar-refractivity contribution in [2.24, 2.45) is 0 Å². The predicted molar refractivity (Wildman–Crippen MR) is 281 cm³/mol. The van der Waals surface area contributed by atoms with Gasteiger partial charge in [-0.1, -0.05) is 141 Å². The number of hydrogen-bond acceptors (Lipinski definition) is 4. The van der Waals surface area contributed by atoms with E-state index in [1.807, 2.05) is 22.7 Å². The van der Waals surface area contributed by atoms with Gasteiger partial charge in [0, 0.05) is 52.5 Å². The van der Waals surface area contributed by atoms with Gasteiger partial charge < -0.3 is 9.80 Å². The van der Waals surface area contributed by atoms with Gasteiger partial charge in [0.2, 0.25) is 0 Å². The molecule has 2 aliphatic heterocycles. The van der Waals surface area contributed by atoms with Crippen molar-refractivity contribution in [3.05, 3.63) is 124 Å². The lowest BCUT2D eigenvalue weighted by Crippen LogP contribution is -2.59. The fraction of sp³-hybridized carbons (Fsp3) is 0.414. The summed E-state index contributed by atoms with van der Waals surface area (Å²) in [4.78, 5) is 5.39. The molecule has 4 heterocycles. The van der Waals surface area contributed by atoms with Crippen molar-refractivity contribution in [1.29, 1.82) is 0 Å². The summed E-state index contributed by atoms with van der Waals surface area (Å²) in [6.07, 6.45) is 2.39. The first-order chi connectivity index (χ1) is 29.2. The third kappa shape index (κ3) is 6.68. The molecule has 0 amide bonds. The van der Waals surface area contributed by atoms with Crippen molar-refractivity contribution >= 4 is 98.7 Å². The Morgan fingerprint density at radius 1 is 0.444 bits per heavy atom. The molecular formula is C58H67BN2S2. The van der Waals surface area contributed by atoms with Crippen molar-refractivity contribution in [2.75, 3.05) is 9.80 Å². The molecule has 3 aliphatic rings. The molecule has 1 aliphatic carbocycles. The van der Waals surface area contributed by atoms with Gasteiger partial charge in [-0.2, -0.15) is 0 Å². The highest BCUT2D eigenvalue weighted by Gasteiger charge is 2.48. The van der Waals surface area contributed by atoms with Crippen LogP contribution < -0.4 is 24.8 Å². The lowest BCUT2D eigenvalue weighted by molar-refractivity contribution is 0.332. The van der Waals surface area contributed by atoms with Gasteiger partial charge in [-0.3, -0.25) is 0 Å². The average molecular weight is 867 g/mol. The molecule has 0 saturated carbocycles. The highest BCUT2D eigenvalue weighted by atomic mass is 32.1. The van der Waals surface area contributed by atoms with Gasteiger partial charge >= 0.3 is 0 Å². The van der Waals surface area contributed by atoms with Crippen LogP contribution in [-0.4, -0.2) is 6.71 Å². The van der Waals surface area contributed by atoms with E-state index in [-0.39, 0.29) is 39.2 Å². The first-order valence-electron chi connectivity index (χ1n) is 23.4. The second-order valence-electron chi connectivity index (χ2n) is 24.6. The lowest BCUT2D eigenvalue weighted by atomic mass is 9.39. The minimum atomic E-state index is -0.0941. The number of rotatable bonds is 2. The third-order valence-corrected chi connectivity index (χ3v) is 17.4. The van der Waals surface area contributed by atoms with E-state index in [0.717, 1.165) is 0 Å². The van der Waals surface area contributed by atoms with Crippen LogP contribution in [0.1, 0.15) is 157 Å². The van der Waals surface area contributed by atoms with Crippen LogP contribution in [-0.2, 0) is 32.5 Å². The average Bonchev–Trinajstić information content (AvgIpc) is 3.76. The van der Waals surface area contributed by atoms with E-state index in [0.29, 0.717) is 0 Å². The number of benzene rings is 5. The van der Waals surface area contributed by atoms with Gasteiger partial charge in [0.1, 0.15) is 0 Å². The predicted octanol–water partition coefficient (Wildman–Crippen LogP) is 15.7. The summed E-state index contributed by atoms with van der Waals surface area (Å²) in [6, 6.07) is 36.9. The largest absolute Gasteiger partial charge is 0.310 e. The molecule has 5 heteroatoms. The summed E-state index contributed by atoms with van der Waals surface area (Å²) in [6.45, 7) is 38.2. The molecule has 2 nitrogen and oxygen atoms in total. The van der Waals surface area contributed by atoms with E-state index in [9.17, 15) is 0 Å². The van der Waals surface area contributed by atoms with Crippen LogP contribution in [0.15, 0.2) is 91.0 Å². The van der Waals surface area contributed by atoms with Gasteiger partial charge in [-0.05, 0) is 145 Å². The van der Waals surface area contributed by atoms with E-state index in [1.54, 1.807) is 0 Å². The van der Waals surface area contributed by atoms with Crippen molar-refractivity contribution in [1.82, 2.24) is 0 Å². The summed E-state index contributed by atoms with van der Waals surface area (Å²) in [7, 11) is 0. The maximum absolute atomic E-state index is 2.72. The maximum Gasteiger partial charge on any atom is 0.277 e. The van der Waals surface area contributed by atoms with Gasteiger partial charge in [-0.15, -0.1) is 22.7 Å². The zero-order valence-corrected chi connectivity index (χ0v) is 42.5. The summed E-state index contributed by atoms with van der Waals surface area (Å²) in [5.41, 5.74) is 17.9. The highest BCUT2D eigenvalue weighted by molar-refractivity contribution is 7.40. The van der Waals surface area contributed by atoms with E-state index in [4.69, 9.17) is 0 Å². The Bertz CT molecular complexity index is 3000. The third-order valence-electron chi connectivity index (χ3n) is 14.9. The van der Waals surface area contributed by atoms with Crippen LogP contribution in [0.2, 0.25) is 0 Å². The number of anilines is 6. The number of fused-ring (bicyclic) bond motifs is 9. The summed E-state index contributed by atoms with van der Waals surface area (Å²) < 4.78 is 5.62. The fourth-order valence-corrected chi connectivity index (χ4v) is 13.4. The van der Waals surface area contributed by atoms with E-state index >= 15 is 0 Å². The van der Waals surface area contributed by atoms with Gasteiger partial charge in [0.25, 0.3) is 6.71 Å². The molecule has 5 aromatic carbocycles. The van der Waals surface area contributed by atoms with Gasteiger partial charge in [0.05, 0.1) is 11.4 Å². The van der Waals surface area contributed by atoms with Crippen LogP contribution in [0.3, 0.4) is 0 Å². The first-order valence-corrected chi connectivity index (χ1v) is 25.1. The van der Waals surface area contributed by atoms with Gasteiger partial charge in [0.15, 0.2) is 0 Å². The second kappa shape index (κ2) is 13.6. The van der Waals surface area contributed by atoms with Gasteiger partial charge in [-0.25, -0.2) is 0 Å². The Labute approximate surface area is 386 Å². The van der Waals surface area contributed by atoms with Crippen molar-refractivity contribution < 1.29 is 0 Å². The molecule has 0 atom stereocenters. The fourth-order valence-electron chi connectivity index (χ4n) is 10.7. The van der Waals surface area contributed by atoms with Crippen LogP contribution in [0.25, 0.3) is 20.2 Å². The minimum Gasteiger partial charge on any atom is -0.310 e. The van der Waals surface area contributed by atoms with Crippen LogP contribution in [0, 0.1) is 0 Å². The summed E-state index contributed by atoms with van der Waals surface area (Å²) in [5, 5.41) is 2.72. The van der Waals surface area contributed by atoms with Crippen LogP contribution >= 0.6 is 22.7 Å². The Morgan fingerprint density at radius 2 is 0.857 bits per heavy atom. The summed E-state index contributed by atoms with van der Waals surface area (Å²) >= 11 is 4.04. The Kier molecular flexibility index (Phi) is 9.21. The van der Waals surface area contributed by atoms with E-state index in [2.05, 4.69) is 212 Å². The second-order valence-corrected chi connectivity index (χ2v) is 26.8. The first kappa shape index (κ1) is 42.6. The molecule has 0 fully saturated rings. The zero-order valence-electron chi connectivity index (χ0n) is 40.9. The van der Waals surface area contributed by atoms with E-state index in [1.165, 1.54) is 116 Å². The topological polar surface area (TPSA) is 6.48 Å². The highest BCUT2D eigenvalue weighted by Crippen LogP contribution is 2.54. The van der Waals surface area contributed by atoms with Crippen LogP contribution in [0.4, 0.5) is 34.1 Å². The molecule has 7 aromatic rings. The number of hydrogen-bond donors (Lipinski definition) is 0. The monoisotopic (exact) mass is 866 g/mol. The molecule has 0 saturated heterocycles. The molecule has 10 rings (SSSR count). The molecule has 0 unspecified atom stereocenters. The molecular weight excluding hydrogens is 800 g/mol. The zero-order chi connectivity index (χ0) is 45.1. The molecule has 0 bridgehead atoms. The Balaban J connectivity index is 1.36. The number of nitrogens with zero attached hydrogens (tertiary/aromatic N) is 2. The SMILES string of the molecule is CC(C)(C)c1ccc(N2c3cc(C(C)(C)C)cc4c3B(c3sc5ccc(C(C)(C)C)cc5c32)c2sc3ccc(C(C)(C)C)cc3c2N4c2ccc3c(c2)C(C)(C)CCC3(C)C)cc1. The quantitative estimate of drug-likeness (QED) is 0.160. The summed E-state index contributed by atoms with van der Waals surface area (Å²) in [5.74, 6) is 0. The molecule has 0 radical (unpaired) electrons. The molecule has 2 aromatic heterocycles. The normalized spacial score (nSPS) is 16.9. The lowest BCUT2D eigenvalue weighted by Gasteiger charge is -2.45. The van der Waals surface area contributed by atoms with Crippen LogP contribution in [0.5, 0.6) is 0 Å². The molecule has 0 spiro atoms. The maximum atomic E-state index is 2.72. The van der Waals surface area contributed by atoms with E-state index < -0.39 is 0 Å². The smallest absolute Gasteiger partial charge is 0.277 e. The van der Waals surface area contributed by atoms with Crippen molar-refractivity contribution in [3.63, 3.8) is 0 Å². The molecule has 0 N–H and O–H groups in total.